The van der Waals surface area contributed by atoms with Crippen LogP contribution < -0.4 is 15.1 Å². The van der Waals surface area contributed by atoms with Crippen LogP contribution in [0.2, 0.25) is 0 Å². The number of amides is 2. The molecule has 1 N–H and O–H groups in total. The Balaban J connectivity index is 1.61. The fourth-order valence-corrected chi connectivity index (χ4v) is 4.49. The van der Waals surface area contributed by atoms with Gasteiger partial charge in [0.2, 0.25) is 11.8 Å². The molecule has 1 aliphatic carbocycles. The molecule has 0 atom stereocenters. The summed E-state index contributed by atoms with van der Waals surface area (Å²) < 4.78 is 10.6. The van der Waals surface area contributed by atoms with E-state index in [1.165, 1.54) is 0 Å². The van der Waals surface area contributed by atoms with Gasteiger partial charge < -0.3 is 24.6 Å². The fraction of sp³-hybridized carbons (Fsp3) is 0.519. The SMILES string of the molecule is COCCN1C(=O)C(C)(C)C(=O)N(CC2CC2)c2ccc(CNCc3cccnc3COC)cc21. The molecular weight excluding hydrogens is 444 g/mol. The number of carbonyl (C=O) groups is 2. The standard InChI is InChI=1S/C27H36N4O4/c1-27(2)25(32)30(12-13-34-3)24-14-20(9-10-23(24)31(26(27)33)17-19-7-8-19)15-28-16-21-6-5-11-29-22(21)18-35-4/h5-6,9-11,14,19,28H,7-8,12-13,15-18H2,1-4H3. The highest BCUT2D eigenvalue weighted by molar-refractivity contribution is 6.20. The molecule has 2 amide bonds. The number of ether oxygens (including phenoxy) is 2. The largest absolute Gasteiger partial charge is 0.383 e. The molecule has 2 heterocycles. The Labute approximate surface area is 207 Å². The summed E-state index contributed by atoms with van der Waals surface area (Å²) in [6.45, 7) is 6.63. The first-order chi connectivity index (χ1) is 16.9. The number of methoxy groups -OCH3 is 2. The summed E-state index contributed by atoms with van der Waals surface area (Å²) in [6, 6.07) is 10.0. The topological polar surface area (TPSA) is 84.0 Å². The van der Waals surface area contributed by atoms with Crippen molar-refractivity contribution in [2.24, 2.45) is 11.3 Å². The lowest BCUT2D eigenvalue weighted by Gasteiger charge is -2.28. The van der Waals surface area contributed by atoms with Crippen molar-refractivity contribution in [3.63, 3.8) is 0 Å². The van der Waals surface area contributed by atoms with E-state index in [1.54, 1.807) is 39.2 Å². The van der Waals surface area contributed by atoms with Gasteiger partial charge in [-0.2, -0.15) is 0 Å². The van der Waals surface area contributed by atoms with Gasteiger partial charge in [0.25, 0.3) is 0 Å². The second kappa shape index (κ2) is 10.8. The van der Waals surface area contributed by atoms with Gasteiger partial charge >= 0.3 is 0 Å². The van der Waals surface area contributed by atoms with Crippen LogP contribution >= 0.6 is 0 Å². The van der Waals surface area contributed by atoms with Crippen LogP contribution in [0, 0.1) is 11.3 Å². The third kappa shape index (κ3) is 5.55. The third-order valence-corrected chi connectivity index (χ3v) is 6.75. The highest BCUT2D eigenvalue weighted by Crippen LogP contribution is 2.42. The van der Waals surface area contributed by atoms with Gasteiger partial charge in [0.15, 0.2) is 0 Å². The second-order valence-corrected chi connectivity index (χ2v) is 9.90. The zero-order valence-electron chi connectivity index (χ0n) is 21.2. The Morgan fingerprint density at radius 3 is 2.51 bits per heavy atom. The van der Waals surface area contributed by atoms with Crippen LogP contribution in [-0.4, -0.2) is 50.7 Å². The average Bonchev–Trinajstić information content (AvgIpc) is 3.68. The summed E-state index contributed by atoms with van der Waals surface area (Å²) in [5.41, 5.74) is 3.47. The van der Waals surface area contributed by atoms with Gasteiger partial charge in [-0.25, -0.2) is 0 Å². The molecule has 0 spiro atoms. The van der Waals surface area contributed by atoms with Gasteiger partial charge in [-0.15, -0.1) is 0 Å². The Bertz CT molecular complexity index is 1070. The molecule has 1 aromatic carbocycles. The molecule has 0 bridgehead atoms. The minimum absolute atomic E-state index is 0.135. The number of hydrogen-bond acceptors (Lipinski definition) is 6. The Kier molecular flexibility index (Phi) is 7.84. The van der Waals surface area contributed by atoms with Crippen LogP contribution in [0.1, 0.15) is 43.5 Å². The molecule has 1 aromatic heterocycles. The van der Waals surface area contributed by atoms with Gasteiger partial charge in [0.1, 0.15) is 5.41 Å². The Morgan fingerprint density at radius 1 is 1.03 bits per heavy atom. The van der Waals surface area contributed by atoms with Gasteiger partial charge in [-0.05, 0) is 61.9 Å². The highest BCUT2D eigenvalue weighted by atomic mass is 16.5. The summed E-state index contributed by atoms with van der Waals surface area (Å²) >= 11 is 0. The molecule has 0 saturated heterocycles. The van der Waals surface area contributed by atoms with Crippen molar-refractivity contribution >= 4 is 23.2 Å². The van der Waals surface area contributed by atoms with Crippen LogP contribution in [0.4, 0.5) is 11.4 Å². The molecule has 0 radical (unpaired) electrons. The number of nitrogens with one attached hydrogen (secondary N) is 1. The van der Waals surface area contributed by atoms with Crippen molar-refractivity contribution < 1.29 is 19.1 Å². The maximum atomic E-state index is 13.6. The summed E-state index contributed by atoms with van der Waals surface area (Å²) in [6.07, 6.45) is 4.02. The Hall–Kier alpha value is -2.81. The van der Waals surface area contributed by atoms with Gasteiger partial charge in [-0.1, -0.05) is 12.1 Å². The molecule has 4 rings (SSSR count). The predicted octanol–water partition coefficient (Wildman–Crippen LogP) is 3.28. The fourth-order valence-electron chi connectivity index (χ4n) is 4.49. The Morgan fingerprint density at radius 2 is 1.80 bits per heavy atom. The normalized spacial score (nSPS) is 17.5. The quantitative estimate of drug-likeness (QED) is 0.497. The minimum atomic E-state index is -1.14. The van der Waals surface area contributed by atoms with E-state index in [0.717, 1.165) is 41.0 Å². The number of pyridine rings is 1. The molecule has 0 unspecified atom stereocenters. The van der Waals surface area contributed by atoms with E-state index in [1.807, 2.05) is 35.2 Å². The molecule has 2 aromatic rings. The van der Waals surface area contributed by atoms with Crippen LogP contribution in [0.25, 0.3) is 0 Å². The number of fused-ring (bicyclic) bond motifs is 1. The number of anilines is 2. The molecular formula is C27H36N4O4. The number of nitrogens with zero attached hydrogens (tertiary/aromatic N) is 3. The van der Waals surface area contributed by atoms with Crippen molar-refractivity contribution in [3.05, 3.63) is 53.3 Å². The van der Waals surface area contributed by atoms with Crippen LogP contribution in [-0.2, 0) is 38.8 Å². The third-order valence-electron chi connectivity index (χ3n) is 6.75. The van der Waals surface area contributed by atoms with E-state index in [9.17, 15) is 9.59 Å². The summed E-state index contributed by atoms with van der Waals surface area (Å²) in [5, 5.41) is 3.48. The van der Waals surface area contributed by atoms with E-state index in [2.05, 4.69) is 10.3 Å². The zero-order chi connectivity index (χ0) is 25.0. The van der Waals surface area contributed by atoms with E-state index in [0.29, 0.717) is 45.3 Å². The molecule has 1 fully saturated rings. The number of benzene rings is 1. The number of carbonyl (C=O) groups excluding carboxylic acids is 2. The first kappa shape index (κ1) is 25.3. The van der Waals surface area contributed by atoms with E-state index < -0.39 is 5.41 Å². The van der Waals surface area contributed by atoms with E-state index in [-0.39, 0.29) is 11.8 Å². The van der Waals surface area contributed by atoms with Gasteiger partial charge in [-0.3, -0.25) is 14.6 Å². The van der Waals surface area contributed by atoms with Crippen molar-refractivity contribution in [3.8, 4) is 0 Å². The molecule has 35 heavy (non-hydrogen) atoms. The molecule has 188 valence electrons. The van der Waals surface area contributed by atoms with Crippen molar-refractivity contribution in [1.29, 1.82) is 0 Å². The van der Waals surface area contributed by atoms with Gasteiger partial charge in [0, 0.05) is 46.6 Å². The lowest BCUT2D eigenvalue weighted by molar-refractivity contribution is -0.137. The second-order valence-electron chi connectivity index (χ2n) is 9.90. The molecule has 1 aliphatic heterocycles. The lowest BCUT2D eigenvalue weighted by Crippen LogP contribution is -2.49. The first-order valence-corrected chi connectivity index (χ1v) is 12.2. The van der Waals surface area contributed by atoms with E-state index in [4.69, 9.17) is 9.47 Å². The average molecular weight is 481 g/mol. The van der Waals surface area contributed by atoms with E-state index >= 15 is 0 Å². The van der Waals surface area contributed by atoms with Gasteiger partial charge in [0.05, 0.1) is 30.3 Å². The summed E-state index contributed by atoms with van der Waals surface area (Å²) in [4.78, 5) is 35.1. The van der Waals surface area contributed by atoms with Crippen molar-refractivity contribution in [2.45, 2.75) is 46.4 Å². The number of hydrogen-bond donors (Lipinski definition) is 1. The van der Waals surface area contributed by atoms with Crippen molar-refractivity contribution in [2.75, 3.05) is 43.7 Å². The molecule has 2 aliphatic rings. The number of rotatable bonds is 11. The monoisotopic (exact) mass is 480 g/mol. The summed E-state index contributed by atoms with van der Waals surface area (Å²) in [5.74, 6) is 0.179. The number of aromatic nitrogens is 1. The van der Waals surface area contributed by atoms with Crippen molar-refractivity contribution in [1.82, 2.24) is 10.3 Å². The minimum Gasteiger partial charge on any atom is -0.383 e. The smallest absolute Gasteiger partial charge is 0.242 e. The van der Waals surface area contributed by atoms with Crippen LogP contribution in [0.15, 0.2) is 36.5 Å². The zero-order valence-corrected chi connectivity index (χ0v) is 21.2. The van der Waals surface area contributed by atoms with Crippen LogP contribution in [0.3, 0.4) is 0 Å². The maximum Gasteiger partial charge on any atom is 0.242 e. The predicted molar refractivity (Wildman–Crippen MR) is 135 cm³/mol. The molecule has 8 nitrogen and oxygen atoms in total. The summed E-state index contributed by atoms with van der Waals surface area (Å²) in [7, 11) is 3.28. The maximum absolute atomic E-state index is 13.6. The molecule has 8 heteroatoms. The highest BCUT2D eigenvalue weighted by Gasteiger charge is 2.47. The first-order valence-electron chi connectivity index (χ1n) is 12.2. The molecule has 1 saturated carbocycles. The lowest BCUT2D eigenvalue weighted by atomic mass is 9.90. The van der Waals surface area contributed by atoms with Crippen LogP contribution in [0.5, 0.6) is 0 Å².